The van der Waals surface area contributed by atoms with Crippen molar-refractivity contribution < 1.29 is 0 Å². The molecule has 0 aromatic carbocycles. The van der Waals surface area contributed by atoms with Crippen LogP contribution in [0.2, 0.25) is 0 Å². The fourth-order valence-electron chi connectivity index (χ4n) is 0. The van der Waals surface area contributed by atoms with Gasteiger partial charge in [0.25, 0.3) is 0 Å². The molecule has 0 atom stereocenters. The molecule has 4 heavy (non-hydrogen) atoms. The van der Waals surface area contributed by atoms with Gasteiger partial charge < -0.3 is 0 Å². The Labute approximate surface area is 30.7 Å². The van der Waals surface area contributed by atoms with Crippen molar-refractivity contribution in [3.63, 3.8) is 0 Å². The van der Waals surface area contributed by atoms with Gasteiger partial charge in [0.15, 0.2) is 0 Å². The van der Waals surface area contributed by atoms with Gasteiger partial charge in [0, 0.05) is 0 Å². The van der Waals surface area contributed by atoms with Crippen LogP contribution in [0.3, 0.4) is 0 Å². The highest BCUT2D eigenvalue weighted by molar-refractivity contribution is 8.03. The Bertz CT molecular complexity index is 29.0. The van der Waals surface area contributed by atoms with Crippen molar-refractivity contribution in [3.05, 3.63) is 0 Å². The van der Waals surface area contributed by atoms with Gasteiger partial charge in [0.1, 0.15) is 0 Å². The molecule has 2 nitrogen and oxygen atoms in total. The molecule has 0 aliphatic heterocycles. The fraction of sp³-hybridized carbons (Fsp3) is 0. The van der Waals surface area contributed by atoms with Crippen molar-refractivity contribution in [2.24, 2.45) is 11.0 Å². The molecule has 24 valence electrons. The Morgan fingerprint density at radius 3 is 1.50 bits per heavy atom. The summed E-state index contributed by atoms with van der Waals surface area (Å²) in [5.41, 5.74) is 9.54. The van der Waals surface area contributed by atoms with Crippen LogP contribution in [0.15, 0.2) is 0 Å². The first-order chi connectivity index (χ1) is 1.73. The zero-order chi connectivity index (χ0) is 3.58. The molecular formula is H4N2PS+. The molecule has 4 N–H and O–H groups in total. The molecule has 0 spiro atoms. The van der Waals surface area contributed by atoms with Gasteiger partial charge >= 0.3 is 7.00 Å². The van der Waals surface area contributed by atoms with Crippen LogP contribution in [-0.4, -0.2) is 0 Å². The molecule has 0 bridgehead atoms. The summed E-state index contributed by atoms with van der Waals surface area (Å²) < 4.78 is 0. The quantitative estimate of drug-likeness (QED) is 0.405. The topological polar surface area (TPSA) is 52.0 Å². The third-order valence-electron chi connectivity index (χ3n) is 0. The van der Waals surface area contributed by atoms with Gasteiger partial charge in [-0.2, -0.15) is 0 Å². The second-order valence-corrected chi connectivity index (χ2v) is 2.34. The molecule has 0 radical (unpaired) electrons. The van der Waals surface area contributed by atoms with Crippen LogP contribution in [0.4, 0.5) is 0 Å². The monoisotopic (exact) mass is 95.0 g/mol. The molecule has 0 amide bonds. The minimum absolute atomic E-state index is 1.04. The molecular weight excluding hydrogens is 91.1 g/mol. The van der Waals surface area contributed by atoms with Gasteiger partial charge in [0.2, 0.25) is 11.8 Å². The Balaban J connectivity index is 2.80. The van der Waals surface area contributed by atoms with Crippen molar-refractivity contribution >= 4 is 18.8 Å². The summed E-state index contributed by atoms with van der Waals surface area (Å²) in [7, 11) is 0. The van der Waals surface area contributed by atoms with Crippen molar-refractivity contribution in [2.45, 2.75) is 0 Å². The normalized spacial score (nSPS) is 6.50. The smallest absolute Gasteiger partial charge is 0.129 e. The lowest BCUT2D eigenvalue weighted by Crippen LogP contribution is -1.84. The van der Waals surface area contributed by atoms with E-state index in [1.807, 2.05) is 0 Å². The van der Waals surface area contributed by atoms with E-state index in [1.54, 1.807) is 0 Å². The highest BCUT2D eigenvalue weighted by atomic mass is 32.4. The standard InChI is InChI=1S/H4N2PS/c1-3(2)4/h(H4,1,2,4)/q+1. The highest BCUT2D eigenvalue weighted by Gasteiger charge is 1.75. The third-order valence-corrected chi connectivity index (χ3v) is 0. The van der Waals surface area contributed by atoms with Crippen LogP contribution in [0, 0.1) is 0 Å². The van der Waals surface area contributed by atoms with Crippen molar-refractivity contribution in [3.8, 4) is 0 Å². The van der Waals surface area contributed by atoms with Crippen LogP contribution in [0.5, 0.6) is 0 Å². The fourth-order valence-corrected chi connectivity index (χ4v) is 0. The molecule has 0 aliphatic rings. The second-order valence-electron chi connectivity index (χ2n) is 0.360. The van der Waals surface area contributed by atoms with E-state index in [0.717, 1.165) is 0 Å². The van der Waals surface area contributed by atoms with E-state index in [2.05, 4.69) is 11.8 Å². The molecule has 0 heterocycles. The molecule has 0 aliphatic carbocycles. The second kappa shape index (κ2) is 1.73. The third kappa shape index (κ3) is 26.1. The zero-order valence-electron chi connectivity index (χ0n) is 2.01. The maximum Gasteiger partial charge on any atom is 0.355 e. The molecule has 0 aromatic heterocycles. The van der Waals surface area contributed by atoms with E-state index >= 15 is 0 Å². The molecule has 0 unspecified atom stereocenters. The average molecular weight is 95.1 g/mol. The summed E-state index contributed by atoms with van der Waals surface area (Å²) >= 11 is 4.24. The van der Waals surface area contributed by atoms with Crippen LogP contribution in [0.25, 0.3) is 0 Å². The van der Waals surface area contributed by atoms with E-state index in [9.17, 15) is 0 Å². The summed E-state index contributed by atoms with van der Waals surface area (Å²) in [6.45, 7) is -1.04. The first kappa shape index (κ1) is 4.44. The maximum atomic E-state index is 4.77. The number of nitrogens with two attached hydrogens (primary N) is 2. The van der Waals surface area contributed by atoms with Gasteiger partial charge in [0.05, 0.1) is 0 Å². The predicted octanol–water partition coefficient (Wildman–Crippen LogP) is -0.322. The summed E-state index contributed by atoms with van der Waals surface area (Å²) in [4.78, 5) is 0. The van der Waals surface area contributed by atoms with Crippen molar-refractivity contribution in [2.75, 3.05) is 0 Å². The van der Waals surface area contributed by atoms with Crippen LogP contribution in [-0.2, 0) is 11.8 Å². The molecule has 0 fully saturated rings. The molecule has 0 rings (SSSR count). The van der Waals surface area contributed by atoms with Gasteiger partial charge in [-0.3, -0.25) is 0 Å². The summed E-state index contributed by atoms with van der Waals surface area (Å²) in [5.74, 6) is 0. The predicted molar refractivity (Wildman–Crippen MR) is 22.7 cm³/mol. The molecule has 0 aromatic rings. The van der Waals surface area contributed by atoms with Crippen LogP contribution in [0.1, 0.15) is 0 Å². The minimum atomic E-state index is -1.04. The SMILES string of the molecule is N[P+](N)=S. The molecule has 0 saturated carbocycles. The highest BCUT2D eigenvalue weighted by Crippen LogP contribution is 1.83. The van der Waals surface area contributed by atoms with Gasteiger partial charge in [-0.15, -0.1) is 11.0 Å². The number of hydrogen-bond acceptors (Lipinski definition) is 1. The van der Waals surface area contributed by atoms with Crippen molar-refractivity contribution in [1.29, 1.82) is 0 Å². The summed E-state index contributed by atoms with van der Waals surface area (Å²) in [6, 6.07) is 0. The lowest BCUT2D eigenvalue weighted by molar-refractivity contribution is 1.86. The van der Waals surface area contributed by atoms with E-state index in [1.165, 1.54) is 0 Å². The van der Waals surface area contributed by atoms with Crippen LogP contribution < -0.4 is 11.0 Å². The van der Waals surface area contributed by atoms with Gasteiger partial charge in [-0.25, -0.2) is 0 Å². The first-order valence-corrected chi connectivity index (χ1v) is 3.19. The van der Waals surface area contributed by atoms with Crippen LogP contribution >= 0.6 is 7.00 Å². The largest absolute Gasteiger partial charge is 0.355 e. The maximum absolute atomic E-state index is 4.77. The average Bonchev–Trinajstić information content (AvgIpc) is 0.811. The Morgan fingerprint density at radius 2 is 1.50 bits per heavy atom. The van der Waals surface area contributed by atoms with Crippen molar-refractivity contribution in [1.82, 2.24) is 0 Å². The van der Waals surface area contributed by atoms with E-state index in [0.29, 0.717) is 0 Å². The van der Waals surface area contributed by atoms with E-state index < -0.39 is 7.00 Å². The first-order valence-electron chi connectivity index (χ1n) is 0.699. The van der Waals surface area contributed by atoms with E-state index in [4.69, 9.17) is 11.0 Å². The van der Waals surface area contributed by atoms with E-state index in [-0.39, 0.29) is 0 Å². The molecule has 0 saturated heterocycles. The molecule has 4 heteroatoms. The summed E-state index contributed by atoms with van der Waals surface area (Å²) in [5, 5.41) is 0. The van der Waals surface area contributed by atoms with Gasteiger partial charge in [-0.05, 0) is 0 Å². The Morgan fingerprint density at radius 1 is 1.50 bits per heavy atom. The lowest BCUT2D eigenvalue weighted by atomic mass is 13.9. The number of hydrogen-bond donors (Lipinski definition) is 2. The number of rotatable bonds is 0. The minimum Gasteiger partial charge on any atom is -0.129 e. The van der Waals surface area contributed by atoms with Gasteiger partial charge in [-0.1, -0.05) is 0 Å². The summed E-state index contributed by atoms with van der Waals surface area (Å²) in [6.07, 6.45) is 0. The Kier molecular flexibility index (Phi) is 1.92. The zero-order valence-corrected chi connectivity index (χ0v) is 3.72. The Hall–Kier alpha value is 0.440. The lowest BCUT2D eigenvalue weighted by Gasteiger charge is -1.45.